The highest BCUT2D eigenvalue weighted by molar-refractivity contribution is 5.33. The molecule has 0 amide bonds. The lowest BCUT2D eigenvalue weighted by Crippen LogP contribution is -1.96. The number of hydrogen-bond acceptors (Lipinski definition) is 2. The molecule has 0 saturated carbocycles. The second kappa shape index (κ2) is 13.0. The lowest BCUT2D eigenvalue weighted by molar-refractivity contribution is 0.344. The summed E-state index contributed by atoms with van der Waals surface area (Å²) in [4.78, 5) is 0. The zero-order chi connectivity index (χ0) is 15.9. The van der Waals surface area contributed by atoms with Crippen molar-refractivity contribution in [3.05, 3.63) is 48.6 Å². The molecule has 1 aromatic carbocycles. The molecule has 2 heteroatoms. The summed E-state index contributed by atoms with van der Waals surface area (Å²) in [6, 6.07) is 7.83. The van der Waals surface area contributed by atoms with Gasteiger partial charge in [-0.2, -0.15) is 0 Å². The Morgan fingerprint density at radius 2 is 1.27 bits per heavy atom. The van der Waals surface area contributed by atoms with Crippen LogP contribution in [0.4, 0.5) is 0 Å². The maximum absolute atomic E-state index is 5.70. The van der Waals surface area contributed by atoms with Gasteiger partial charge in [-0.1, -0.05) is 69.9 Å². The molecule has 1 aromatic rings. The van der Waals surface area contributed by atoms with E-state index in [-0.39, 0.29) is 0 Å². The third-order valence-corrected chi connectivity index (χ3v) is 3.28. The molecule has 0 saturated heterocycles. The summed E-state index contributed by atoms with van der Waals surface area (Å²) in [7, 11) is 0. The van der Waals surface area contributed by atoms with E-state index in [4.69, 9.17) is 9.47 Å². The second-order valence-corrected chi connectivity index (χ2v) is 5.32. The molecule has 122 valence electrons. The lowest BCUT2D eigenvalue weighted by Gasteiger charge is -2.07. The average Bonchev–Trinajstić information content (AvgIpc) is 2.54. The Balaban J connectivity index is 2.26. The molecule has 0 heterocycles. The van der Waals surface area contributed by atoms with Gasteiger partial charge in [-0.3, -0.25) is 0 Å². The van der Waals surface area contributed by atoms with Crippen LogP contribution in [0.2, 0.25) is 0 Å². The molecule has 0 bridgehead atoms. The van der Waals surface area contributed by atoms with E-state index in [1.165, 1.54) is 25.7 Å². The lowest BCUT2D eigenvalue weighted by atomic mass is 10.2. The highest BCUT2D eigenvalue weighted by atomic mass is 16.5. The van der Waals surface area contributed by atoms with Gasteiger partial charge in [0, 0.05) is 6.07 Å². The molecule has 0 atom stereocenters. The van der Waals surface area contributed by atoms with E-state index < -0.39 is 0 Å². The van der Waals surface area contributed by atoms with Crippen LogP contribution >= 0.6 is 0 Å². The number of hydrogen-bond donors (Lipinski definition) is 0. The van der Waals surface area contributed by atoms with E-state index >= 15 is 0 Å². The van der Waals surface area contributed by atoms with Crippen molar-refractivity contribution in [3.63, 3.8) is 0 Å². The molecule has 2 nitrogen and oxygen atoms in total. The molecule has 0 fully saturated rings. The Morgan fingerprint density at radius 3 is 1.73 bits per heavy atom. The highest BCUT2D eigenvalue weighted by Gasteiger charge is 1.96. The van der Waals surface area contributed by atoms with Crippen LogP contribution in [0.25, 0.3) is 0 Å². The van der Waals surface area contributed by atoms with Crippen LogP contribution < -0.4 is 9.47 Å². The van der Waals surface area contributed by atoms with Gasteiger partial charge >= 0.3 is 0 Å². The third-order valence-electron chi connectivity index (χ3n) is 3.28. The molecule has 0 spiro atoms. The number of ether oxygens (including phenoxy) is 2. The molecular weight excluding hydrogens is 272 g/mol. The van der Waals surface area contributed by atoms with Crippen molar-refractivity contribution >= 4 is 0 Å². The van der Waals surface area contributed by atoms with Crippen molar-refractivity contribution in [2.24, 2.45) is 0 Å². The molecule has 0 unspecified atom stereocenters. The minimum absolute atomic E-state index is 0.615. The van der Waals surface area contributed by atoms with Crippen LogP contribution in [-0.2, 0) is 0 Å². The molecule has 0 radical (unpaired) electrons. The van der Waals surface area contributed by atoms with Gasteiger partial charge in [-0.15, -0.1) is 0 Å². The molecule has 1 rings (SSSR count). The van der Waals surface area contributed by atoms with Crippen molar-refractivity contribution in [2.45, 2.75) is 52.4 Å². The van der Waals surface area contributed by atoms with Gasteiger partial charge in [0.1, 0.15) is 24.7 Å². The van der Waals surface area contributed by atoms with Crippen molar-refractivity contribution in [1.82, 2.24) is 0 Å². The largest absolute Gasteiger partial charge is 0.489 e. The predicted molar refractivity (Wildman–Crippen MR) is 94.8 cm³/mol. The Labute approximate surface area is 135 Å². The maximum atomic E-state index is 5.70. The summed E-state index contributed by atoms with van der Waals surface area (Å²) in [6.45, 7) is 5.64. The zero-order valence-electron chi connectivity index (χ0n) is 14.1. The van der Waals surface area contributed by atoms with Crippen molar-refractivity contribution in [2.75, 3.05) is 13.2 Å². The summed E-state index contributed by atoms with van der Waals surface area (Å²) in [5.74, 6) is 1.71. The van der Waals surface area contributed by atoms with E-state index in [0.29, 0.717) is 13.2 Å². The van der Waals surface area contributed by atoms with Crippen LogP contribution in [0.5, 0.6) is 11.5 Å². The predicted octanol–water partition coefficient (Wildman–Crippen LogP) is 5.94. The maximum Gasteiger partial charge on any atom is 0.123 e. The fraction of sp³-hybridized carbons (Fsp3) is 0.500. The fourth-order valence-electron chi connectivity index (χ4n) is 1.96. The fourth-order valence-corrected chi connectivity index (χ4v) is 1.96. The van der Waals surface area contributed by atoms with Gasteiger partial charge in [0.05, 0.1) is 0 Å². The van der Waals surface area contributed by atoms with Crippen LogP contribution in [-0.4, -0.2) is 13.2 Å². The summed E-state index contributed by atoms with van der Waals surface area (Å²) in [5, 5.41) is 0. The summed E-state index contributed by atoms with van der Waals surface area (Å²) in [5.41, 5.74) is 0. The van der Waals surface area contributed by atoms with Gasteiger partial charge in [-0.05, 0) is 25.0 Å². The molecule has 0 aliphatic rings. The second-order valence-electron chi connectivity index (χ2n) is 5.32. The number of benzene rings is 1. The topological polar surface area (TPSA) is 18.5 Å². The van der Waals surface area contributed by atoms with E-state index in [2.05, 4.69) is 38.2 Å². The SMILES string of the molecule is CCCC/C=C/COc1cccc(OC/C=C/CCCC)c1. The highest BCUT2D eigenvalue weighted by Crippen LogP contribution is 2.19. The summed E-state index contributed by atoms with van der Waals surface area (Å²) >= 11 is 0. The third kappa shape index (κ3) is 9.28. The van der Waals surface area contributed by atoms with Crippen molar-refractivity contribution in [3.8, 4) is 11.5 Å². The van der Waals surface area contributed by atoms with Gasteiger partial charge in [-0.25, -0.2) is 0 Å². The molecule has 0 aliphatic heterocycles. The number of unbranched alkanes of at least 4 members (excludes halogenated alkanes) is 4. The normalized spacial score (nSPS) is 11.4. The van der Waals surface area contributed by atoms with E-state index in [0.717, 1.165) is 24.3 Å². The van der Waals surface area contributed by atoms with Crippen molar-refractivity contribution in [1.29, 1.82) is 0 Å². The first-order valence-corrected chi connectivity index (χ1v) is 8.52. The minimum atomic E-state index is 0.615. The van der Waals surface area contributed by atoms with Crippen LogP contribution in [0, 0.1) is 0 Å². The first-order valence-electron chi connectivity index (χ1n) is 8.52. The van der Waals surface area contributed by atoms with Gasteiger partial charge < -0.3 is 9.47 Å². The first kappa shape index (κ1) is 18.3. The average molecular weight is 302 g/mol. The Hall–Kier alpha value is -1.70. The Bertz CT molecular complexity index is 398. The number of rotatable bonds is 12. The van der Waals surface area contributed by atoms with Crippen molar-refractivity contribution < 1.29 is 9.47 Å². The quantitative estimate of drug-likeness (QED) is 0.351. The van der Waals surface area contributed by atoms with Gasteiger partial charge in [0.2, 0.25) is 0 Å². The summed E-state index contributed by atoms with van der Waals surface area (Å²) in [6.07, 6.45) is 15.8. The van der Waals surface area contributed by atoms with Crippen LogP contribution in [0.3, 0.4) is 0 Å². The molecule has 0 aliphatic carbocycles. The molecule has 0 N–H and O–H groups in total. The molecular formula is C20H30O2. The van der Waals surface area contributed by atoms with E-state index in [1.54, 1.807) is 0 Å². The first-order chi connectivity index (χ1) is 10.9. The summed E-state index contributed by atoms with van der Waals surface area (Å²) < 4.78 is 11.4. The van der Waals surface area contributed by atoms with Crippen LogP contribution in [0.15, 0.2) is 48.6 Å². The molecule has 0 aromatic heterocycles. The minimum Gasteiger partial charge on any atom is -0.489 e. The number of allylic oxidation sites excluding steroid dienone is 2. The Kier molecular flexibility index (Phi) is 10.8. The smallest absolute Gasteiger partial charge is 0.123 e. The van der Waals surface area contributed by atoms with Gasteiger partial charge in [0.25, 0.3) is 0 Å². The van der Waals surface area contributed by atoms with E-state index in [9.17, 15) is 0 Å². The van der Waals surface area contributed by atoms with Gasteiger partial charge in [0.15, 0.2) is 0 Å². The molecule has 22 heavy (non-hydrogen) atoms. The standard InChI is InChI=1S/C20H30O2/c1-3-5-7-9-11-16-21-19-14-13-15-20(18-19)22-17-12-10-8-6-4-2/h9-15,18H,3-8,16-17H2,1-2H3/b11-9+,12-10+. The monoisotopic (exact) mass is 302 g/mol. The van der Waals surface area contributed by atoms with E-state index in [1.807, 2.05) is 24.3 Å². The van der Waals surface area contributed by atoms with Crippen LogP contribution in [0.1, 0.15) is 52.4 Å². The zero-order valence-corrected chi connectivity index (χ0v) is 14.1. The Morgan fingerprint density at radius 1 is 0.773 bits per heavy atom.